The average Bonchev–Trinajstić information content (AvgIpc) is 2.81. The summed E-state index contributed by atoms with van der Waals surface area (Å²) in [6, 6.07) is 0.565. The molecule has 1 unspecified atom stereocenters. The number of alkyl halides is 3. The number of rotatable bonds is 4. The molecule has 2 aliphatic rings. The van der Waals surface area contributed by atoms with Gasteiger partial charge in [-0.15, -0.1) is 0 Å². The number of likely N-dealkylation sites (tertiary alicyclic amines) is 1. The fourth-order valence-corrected chi connectivity index (χ4v) is 3.97. The van der Waals surface area contributed by atoms with Crippen molar-refractivity contribution in [2.45, 2.75) is 65.1 Å². The number of nitrogens with zero attached hydrogens (tertiary/aromatic N) is 1. The molecule has 1 atom stereocenters. The first-order valence-corrected chi connectivity index (χ1v) is 8.66. The Morgan fingerprint density at radius 2 is 1.64 bits per heavy atom. The van der Waals surface area contributed by atoms with E-state index in [1.54, 1.807) is 4.90 Å². The summed E-state index contributed by atoms with van der Waals surface area (Å²) in [6.07, 6.45) is 1.79. The van der Waals surface area contributed by atoms with Crippen LogP contribution in [0.15, 0.2) is 0 Å². The molecule has 2 fully saturated rings. The molecular formula is C17H31F3N2. The highest BCUT2D eigenvalue weighted by Crippen LogP contribution is 2.37. The van der Waals surface area contributed by atoms with Crippen LogP contribution in [0.4, 0.5) is 13.2 Å². The molecule has 1 heterocycles. The lowest BCUT2D eigenvalue weighted by molar-refractivity contribution is -0.143. The maximum Gasteiger partial charge on any atom is 0.401 e. The average molecular weight is 320 g/mol. The Kier molecular flexibility index (Phi) is 5.81. The number of hydrogen-bond donors (Lipinski definition) is 1. The van der Waals surface area contributed by atoms with E-state index in [0.29, 0.717) is 30.5 Å². The highest BCUT2D eigenvalue weighted by molar-refractivity contribution is 4.85. The van der Waals surface area contributed by atoms with Crippen molar-refractivity contribution in [1.29, 1.82) is 0 Å². The zero-order valence-corrected chi connectivity index (χ0v) is 14.2. The second kappa shape index (κ2) is 7.08. The molecule has 1 saturated carbocycles. The van der Waals surface area contributed by atoms with Gasteiger partial charge in [0, 0.05) is 12.6 Å². The van der Waals surface area contributed by atoms with Crippen LogP contribution in [0.2, 0.25) is 0 Å². The van der Waals surface area contributed by atoms with Crippen LogP contribution >= 0.6 is 0 Å². The third-order valence-electron chi connectivity index (χ3n) is 5.42. The molecule has 2 nitrogen and oxygen atoms in total. The third-order valence-corrected chi connectivity index (χ3v) is 5.42. The van der Waals surface area contributed by atoms with Crippen LogP contribution < -0.4 is 5.32 Å². The monoisotopic (exact) mass is 320 g/mol. The highest BCUT2D eigenvalue weighted by Gasteiger charge is 2.35. The van der Waals surface area contributed by atoms with Crippen LogP contribution in [-0.2, 0) is 0 Å². The number of hydrogen-bond acceptors (Lipinski definition) is 2. The minimum Gasteiger partial charge on any atom is -0.314 e. The SMILES string of the molecule is CC(C)(C)C1CCC(NCC2CCN(CC(F)(F)F)C2)CC1. The maximum absolute atomic E-state index is 12.4. The summed E-state index contributed by atoms with van der Waals surface area (Å²) >= 11 is 0. The van der Waals surface area contributed by atoms with Crippen molar-refractivity contribution in [3.8, 4) is 0 Å². The Morgan fingerprint density at radius 1 is 1.00 bits per heavy atom. The molecule has 0 spiro atoms. The van der Waals surface area contributed by atoms with Gasteiger partial charge in [-0.05, 0) is 62.4 Å². The molecule has 130 valence electrons. The Bertz CT molecular complexity index is 339. The largest absolute Gasteiger partial charge is 0.401 e. The number of halogens is 3. The van der Waals surface area contributed by atoms with Crippen molar-refractivity contribution in [2.24, 2.45) is 17.3 Å². The first-order chi connectivity index (χ1) is 10.1. The molecular weight excluding hydrogens is 289 g/mol. The molecule has 2 rings (SSSR count). The maximum atomic E-state index is 12.4. The van der Waals surface area contributed by atoms with Crippen molar-refractivity contribution in [3.63, 3.8) is 0 Å². The minimum absolute atomic E-state index is 0.377. The first-order valence-electron chi connectivity index (χ1n) is 8.66. The molecule has 1 N–H and O–H groups in total. The van der Waals surface area contributed by atoms with E-state index in [4.69, 9.17) is 0 Å². The van der Waals surface area contributed by atoms with E-state index < -0.39 is 12.7 Å². The lowest BCUT2D eigenvalue weighted by Gasteiger charge is -2.37. The fraction of sp³-hybridized carbons (Fsp3) is 1.00. The van der Waals surface area contributed by atoms with E-state index in [1.165, 1.54) is 25.7 Å². The summed E-state index contributed by atoms with van der Waals surface area (Å²) in [4.78, 5) is 1.54. The summed E-state index contributed by atoms with van der Waals surface area (Å²) in [5, 5.41) is 3.61. The topological polar surface area (TPSA) is 15.3 Å². The van der Waals surface area contributed by atoms with Gasteiger partial charge in [0.2, 0.25) is 0 Å². The van der Waals surface area contributed by atoms with Crippen molar-refractivity contribution in [1.82, 2.24) is 10.2 Å². The van der Waals surface area contributed by atoms with Gasteiger partial charge >= 0.3 is 6.18 Å². The third kappa shape index (κ3) is 5.73. The van der Waals surface area contributed by atoms with Crippen LogP contribution in [0.1, 0.15) is 52.9 Å². The van der Waals surface area contributed by atoms with Crippen LogP contribution in [0, 0.1) is 17.3 Å². The predicted molar refractivity (Wildman–Crippen MR) is 83.8 cm³/mol. The second-order valence-corrected chi connectivity index (χ2v) is 8.33. The molecule has 0 aromatic heterocycles. The van der Waals surface area contributed by atoms with Crippen molar-refractivity contribution < 1.29 is 13.2 Å². The smallest absolute Gasteiger partial charge is 0.314 e. The molecule has 0 aromatic carbocycles. The van der Waals surface area contributed by atoms with E-state index in [2.05, 4.69) is 26.1 Å². The predicted octanol–water partition coefficient (Wildman–Crippen LogP) is 4.07. The normalized spacial score (nSPS) is 31.6. The summed E-state index contributed by atoms with van der Waals surface area (Å²) in [7, 11) is 0. The molecule has 0 aromatic rings. The van der Waals surface area contributed by atoms with Crippen molar-refractivity contribution >= 4 is 0 Å². The molecule has 0 amide bonds. The van der Waals surface area contributed by atoms with Crippen LogP contribution in [0.5, 0.6) is 0 Å². The van der Waals surface area contributed by atoms with E-state index in [1.807, 2.05) is 0 Å². The van der Waals surface area contributed by atoms with Crippen LogP contribution in [-0.4, -0.2) is 43.3 Å². The van der Waals surface area contributed by atoms with Gasteiger partial charge in [-0.25, -0.2) is 0 Å². The minimum atomic E-state index is -4.06. The highest BCUT2D eigenvalue weighted by atomic mass is 19.4. The van der Waals surface area contributed by atoms with Crippen molar-refractivity contribution in [2.75, 3.05) is 26.2 Å². The molecule has 1 aliphatic heterocycles. The molecule has 1 saturated heterocycles. The molecule has 0 bridgehead atoms. The standard InChI is InChI=1S/C17H31F3N2/c1-16(2,3)14-4-6-15(7-5-14)21-10-13-8-9-22(11-13)12-17(18,19)20/h13-15,21H,4-12H2,1-3H3. The summed E-state index contributed by atoms with van der Waals surface area (Å²) < 4.78 is 37.2. The molecule has 0 radical (unpaired) electrons. The summed E-state index contributed by atoms with van der Waals surface area (Å²) in [5.41, 5.74) is 0.397. The quantitative estimate of drug-likeness (QED) is 0.840. The van der Waals surface area contributed by atoms with Crippen molar-refractivity contribution in [3.05, 3.63) is 0 Å². The Hall–Kier alpha value is -0.290. The van der Waals surface area contributed by atoms with Crippen LogP contribution in [0.3, 0.4) is 0 Å². The zero-order valence-electron chi connectivity index (χ0n) is 14.2. The van der Waals surface area contributed by atoms with Gasteiger partial charge < -0.3 is 5.32 Å². The van der Waals surface area contributed by atoms with E-state index >= 15 is 0 Å². The Labute approximate surface area is 132 Å². The van der Waals surface area contributed by atoms with E-state index in [9.17, 15) is 13.2 Å². The van der Waals surface area contributed by atoms with E-state index in [0.717, 1.165) is 18.9 Å². The Morgan fingerprint density at radius 3 is 2.18 bits per heavy atom. The van der Waals surface area contributed by atoms with Gasteiger partial charge in [-0.1, -0.05) is 20.8 Å². The number of nitrogens with one attached hydrogen (secondary N) is 1. The Balaban J connectivity index is 1.64. The molecule has 1 aliphatic carbocycles. The van der Waals surface area contributed by atoms with Crippen LogP contribution in [0.25, 0.3) is 0 Å². The fourth-order valence-electron chi connectivity index (χ4n) is 3.97. The van der Waals surface area contributed by atoms with Gasteiger partial charge in [-0.3, -0.25) is 4.90 Å². The summed E-state index contributed by atoms with van der Waals surface area (Å²) in [5.74, 6) is 1.18. The van der Waals surface area contributed by atoms with Gasteiger partial charge in [-0.2, -0.15) is 13.2 Å². The molecule has 5 heteroatoms. The lowest BCUT2D eigenvalue weighted by atomic mass is 9.71. The first kappa shape index (κ1) is 18.1. The second-order valence-electron chi connectivity index (χ2n) is 8.33. The zero-order chi connectivity index (χ0) is 16.4. The van der Waals surface area contributed by atoms with E-state index in [-0.39, 0.29) is 0 Å². The summed E-state index contributed by atoms with van der Waals surface area (Å²) in [6.45, 7) is 8.25. The van der Waals surface area contributed by atoms with Gasteiger partial charge in [0.15, 0.2) is 0 Å². The van der Waals surface area contributed by atoms with Gasteiger partial charge in [0.25, 0.3) is 0 Å². The van der Waals surface area contributed by atoms with Gasteiger partial charge in [0.05, 0.1) is 6.54 Å². The van der Waals surface area contributed by atoms with Gasteiger partial charge in [0.1, 0.15) is 0 Å². The lowest BCUT2D eigenvalue weighted by Crippen LogP contribution is -2.39. The molecule has 22 heavy (non-hydrogen) atoms.